The maximum Gasteiger partial charge on any atom is 0.149 e. The lowest BCUT2D eigenvalue weighted by Crippen LogP contribution is -1.94. The molecule has 17 heavy (non-hydrogen) atoms. The predicted octanol–water partition coefficient (Wildman–Crippen LogP) is 2.88. The van der Waals surface area contributed by atoms with Crippen molar-refractivity contribution in [2.75, 3.05) is 5.43 Å². The van der Waals surface area contributed by atoms with Crippen molar-refractivity contribution in [2.24, 2.45) is 5.10 Å². The van der Waals surface area contributed by atoms with Crippen molar-refractivity contribution in [3.05, 3.63) is 52.9 Å². The number of rotatable bonds is 3. The third-order valence-electron chi connectivity index (χ3n) is 2.07. The highest BCUT2D eigenvalue weighted by Crippen LogP contribution is 2.08. The number of aromatic nitrogens is 2. The Bertz CT molecular complexity index is 522. The smallest absolute Gasteiger partial charge is 0.149 e. The molecular weight excluding hydrogens is 236 g/mol. The van der Waals surface area contributed by atoms with Gasteiger partial charge in [-0.1, -0.05) is 23.7 Å². The normalized spacial score (nSPS) is 10.7. The van der Waals surface area contributed by atoms with Gasteiger partial charge in [0.15, 0.2) is 0 Å². The summed E-state index contributed by atoms with van der Waals surface area (Å²) in [5, 5.41) is 4.78. The molecule has 0 amide bonds. The molecule has 2 rings (SSSR count). The molecule has 1 aromatic heterocycles. The molecule has 0 atom stereocenters. The van der Waals surface area contributed by atoms with Crippen LogP contribution in [0.25, 0.3) is 0 Å². The van der Waals surface area contributed by atoms with Gasteiger partial charge in [-0.25, -0.2) is 9.97 Å². The molecule has 0 fully saturated rings. The number of anilines is 1. The number of halogens is 1. The van der Waals surface area contributed by atoms with Crippen molar-refractivity contribution in [3.8, 4) is 0 Å². The second-order valence-corrected chi connectivity index (χ2v) is 3.90. The SMILES string of the molecule is Cc1cc(N/N=C/c2ccc(Cl)cc2)ncn1. The summed E-state index contributed by atoms with van der Waals surface area (Å²) in [4.78, 5) is 8.03. The highest BCUT2D eigenvalue weighted by molar-refractivity contribution is 6.30. The average Bonchev–Trinajstić information content (AvgIpc) is 2.32. The van der Waals surface area contributed by atoms with Gasteiger partial charge in [0, 0.05) is 16.8 Å². The van der Waals surface area contributed by atoms with Crippen LogP contribution in [0.2, 0.25) is 5.02 Å². The van der Waals surface area contributed by atoms with Gasteiger partial charge in [-0.3, -0.25) is 5.43 Å². The summed E-state index contributed by atoms with van der Waals surface area (Å²) in [5.74, 6) is 0.669. The lowest BCUT2D eigenvalue weighted by molar-refractivity contribution is 1.09. The topological polar surface area (TPSA) is 50.2 Å². The average molecular weight is 247 g/mol. The molecule has 0 saturated carbocycles. The number of benzene rings is 1. The van der Waals surface area contributed by atoms with Crippen LogP contribution in [0.5, 0.6) is 0 Å². The summed E-state index contributed by atoms with van der Waals surface area (Å²) in [5.41, 5.74) is 4.69. The van der Waals surface area contributed by atoms with Crippen molar-refractivity contribution in [1.29, 1.82) is 0 Å². The zero-order chi connectivity index (χ0) is 12.1. The molecule has 4 nitrogen and oxygen atoms in total. The molecule has 0 radical (unpaired) electrons. The van der Waals surface area contributed by atoms with Crippen molar-refractivity contribution >= 4 is 23.6 Å². The highest BCUT2D eigenvalue weighted by Gasteiger charge is 1.92. The summed E-state index contributed by atoms with van der Waals surface area (Å²) in [6.07, 6.45) is 3.20. The fourth-order valence-corrected chi connectivity index (χ4v) is 1.36. The summed E-state index contributed by atoms with van der Waals surface area (Å²) in [7, 11) is 0. The fourth-order valence-electron chi connectivity index (χ4n) is 1.24. The van der Waals surface area contributed by atoms with E-state index in [0.717, 1.165) is 11.3 Å². The molecule has 2 aromatic rings. The van der Waals surface area contributed by atoms with E-state index in [1.54, 1.807) is 6.21 Å². The first-order chi connectivity index (χ1) is 8.24. The lowest BCUT2D eigenvalue weighted by Gasteiger charge is -1.99. The summed E-state index contributed by atoms with van der Waals surface area (Å²) in [6, 6.07) is 9.23. The van der Waals surface area contributed by atoms with E-state index in [2.05, 4.69) is 20.5 Å². The molecule has 0 spiro atoms. The van der Waals surface area contributed by atoms with E-state index in [1.807, 2.05) is 37.3 Å². The van der Waals surface area contributed by atoms with Crippen LogP contribution in [-0.4, -0.2) is 16.2 Å². The molecule has 1 N–H and O–H groups in total. The number of hydrazone groups is 1. The third kappa shape index (κ3) is 3.53. The molecule has 0 aliphatic rings. The minimum Gasteiger partial charge on any atom is -0.261 e. The summed E-state index contributed by atoms with van der Waals surface area (Å²) in [6.45, 7) is 1.90. The number of nitrogens with one attached hydrogen (secondary N) is 1. The molecule has 0 aliphatic heterocycles. The van der Waals surface area contributed by atoms with Crippen molar-refractivity contribution in [3.63, 3.8) is 0 Å². The minimum atomic E-state index is 0.669. The molecule has 1 aromatic carbocycles. The van der Waals surface area contributed by atoms with Gasteiger partial charge in [0.2, 0.25) is 0 Å². The van der Waals surface area contributed by atoms with Crippen LogP contribution in [0.1, 0.15) is 11.3 Å². The number of nitrogens with zero attached hydrogens (tertiary/aromatic N) is 3. The summed E-state index contributed by atoms with van der Waals surface area (Å²) < 4.78 is 0. The van der Waals surface area contributed by atoms with Crippen LogP contribution < -0.4 is 5.43 Å². The van der Waals surface area contributed by atoms with Crippen LogP contribution >= 0.6 is 11.6 Å². The lowest BCUT2D eigenvalue weighted by atomic mass is 10.2. The molecule has 5 heteroatoms. The van der Waals surface area contributed by atoms with Crippen molar-refractivity contribution in [2.45, 2.75) is 6.92 Å². The second kappa shape index (κ2) is 5.41. The first kappa shape index (κ1) is 11.5. The Labute approximate surface area is 104 Å². The van der Waals surface area contributed by atoms with Crippen molar-refractivity contribution < 1.29 is 0 Å². The Morgan fingerprint density at radius 3 is 2.71 bits per heavy atom. The Morgan fingerprint density at radius 1 is 1.24 bits per heavy atom. The number of hydrogen-bond acceptors (Lipinski definition) is 4. The standard InChI is InChI=1S/C12H11ClN4/c1-9-6-12(15-8-14-9)17-16-7-10-2-4-11(13)5-3-10/h2-8H,1H3,(H,14,15,17)/b16-7+. The molecule has 0 bridgehead atoms. The Morgan fingerprint density at radius 2 is 2.00 bits per heavy atom. The molecular formula is C12H11ClN4. The molecule has 0 saturated heterocycles. The maximum absolute atomic E-state index is 5.78. The van der Waals surface area contributed by atoms with Gasteiger partial charge in [-0.15, -0.1) is 0 Å². The zero-order valence-corrected chi connectivity index (χ0v) is 10.0. The van der Waals surface area contributed by atoms with Crippen LogP contribution in [0.3, 0.4) is 0 Å². The van der Waals surface area contributed by atoms with Gasteiger partial charge in [0.05, 0.1) is 6.21 Å². The van der Waals surface area contributed by atoms with E-state index in [-0.39, 0.29) is 0 Å². The third-order valence-corrected chi connectivity index (χ3v) is 2.32. The van der Waals surface area contributed by atoms with Gasteiger partial charge in [-0.2, -0.15) is 5.10 Å². The van der Waals surface area contributed by atoms with E-state index in [4.69, 9.17) is 11.6 Å². The number of hydrogen-bond donors (Lipinski definition) is 1. The van der Waals surface area contributed by atoms with E-state index in [9.17, 15) is 0 Å². The first-order valence-electron chi connectivity index (χ1n) is 5.07. The van der Waals surface area contributed by atoms with Gasteiger partial charge >= 0.3 is 0 Å². The van der Waals surface area contributed by atoms with Gasteiger partial charge in [0.25, 0.3) is 0 Å². The van der Waals surface area contributed by atoms with Crippen molar-refractivity contribution in [1.82, 2.24) is 9.97 Å². The largest absolute Gasteiger partial charge is 0.261 e. The monoisotopic (exact) mass is 246 g/mol. The predicted molar refractivity (Wildman–Crippen MR) is 69.4 cm³/mol. The van der Waals surface area contributed by atoms with E-state index in [0.29, 0.717) is 10.8 Å². The van der Waals surface area contributed by atoms with E-state index >= 15 is 0 Å². The first-order valence-corrected chi connectivity index (χ1v) is 5.45. The highest BCUT2D eigenvalue weighted by atomic mass is 35.5. The van der Waals surface area contributed by atoms with Crippen LogP contribution in [0, 0.1) is 6.92 Å². The molecule has 86 valence electrons. The fraction of sp³-hybridized carbons (Fsp3) is 0.0833. The Hall–Kier alpha value is -1.94. The molecule has 0 unspecified atom stereocenters. The second-order valence-electron chi connectivity index (χ2n) is 3.47. The maximum atomic E-state index is 5.78. The van der Waals surface area contributed by atoms with Gasteiger partial charge < -0.3 is 0 Å². The quantitative estimate of drug-likeness (QED) is 0.669. The zero-order valence-electron chi connectivity index (χ0n) is 9.26. The van der Waals surface area contributed by atoms with Crippen LogP contribution in [0.4, 0.5) is 5.82 Å². The number of aryl methyl sites for hydroxylation is 1. The Balaban J connectivity index is 2.00. The van der Waals surface area contributed by atoms with Crippen LogP contribution in [-0.2, 0) is 0 Å². The van der Waals surface area contributed by atoms with Gasteiger partial charge in [0.1, 0.15) is 12.1 Å². The van der Waals surface area contributed by atoms with Crippen LogP contribution in [0.15, 0.2) is 41.8 Å². The Kier molecular flexibility index (Phi) is 3.67. The molecule has 1 heterocycles. The molecule has 0 aliphatic carbocycles. The van der Waals surface area contributed by atoms with E-state index in [1.165, 1.54) is 6.33 Å². The van der Waals surface area contributed by atoms with Gasteiger partial charge in [-0.05, 0) is 24.6 Å². The minimum absolute atomic E-state index is 0.669. The summed E-state index contributed by atoms with van der Waals surface area (Å²) >= 11 is 5.78. The van der Waals surface area contributed by atoms with E-state index < -0.39 is 0 Å².